The average molecular weight is 271 g/mol. The van der Waals surface area contributed by atoms with Crippen LogP contribution in [0.3, 0.4) is 0 Å². The van der Waals surface area contributed by atoms with Crippen LogP contribution in [0.1, 0.15) is 44.6 Å². The molecule has 20 heavy (non-hydrogen) atoms. The maximum Gasteiger partial charge on any atom is 0.127 e. The number of rotatable bonds is 8. The Balaban J connectivity index is 2.00. The van der Waals surface area contributed by atoms with Crippen molar-refractivity contribution in [2.24, 2.45) is 5.73 Å². The molecule has 0 amide bonds. The molecule has 0 spiro atoms. The van der Waals surface area contributed by atoms with Gasteiger partial charge in [-0.2, -0.15) is 0 Å². The topological polar surface area (TPSA) is 35.2 Å². The third-order valence-electron chi connectivity index (χ3n) is 3.70. The molecule has 0 fully saturated rings. The van der Waals surface area contributed by atoms with Gasteiger partial charge in [0.05, 0.1) is 6.61 Å². The lowest BCUT2D eigenvalue weighted by Crippen LogP contribution is -2.01. The second-order valence-electron chi connectivity index (χ2n) is 5.24. The lowest BCUT2D eigenvalue weighted by Gasteiger charge is -2.11. The van der Waals surface area contributed by atoms with Crippen molar-refractivity contribution in [3.05, 3.63) is 42.0 Å². The second-order valence-corrected chi connectivity index (χ2v) is 5.24. The Bertz CT molecular complexity index is 536. The Labute approximate surface area is 121 Å². The van der Waals surface area contributed by atoms with E-state index in [1.165, 1.54) is 42.0 Å². The van der Waals surface area contributed by atoms with Gasteiger partial charge in [0.2, 0.25) is 0 Å². The van der Waals surface area contributed by atoms with Crippen molar-refractivity contribution in [3.63, 3.8) is 0 Å². The molecule has 0 unspecified atom stereocenters. The minimum Gasteiger partial charge on any atom is -0.493 e. The number of hydrogen-bond acceptors (Lipinski definition) is 2. The number of fused-ring (bicyclic) bond motifs is 1. The Kier molecular flexibility index (Phi) is 5.87. The number of unbranched alkanes of at least 4 members (excludes halogenated alkanes) is 4. The van der Waals surface area contributed by atoms with Gasteiger partial charge in [0.1, 0.15) is 5.75 Å². The Hall–Kier alpha value is -1.54. The molecule has 2 aromatic carbocycles. The van der Waals surface area contributed by atoms with Crippen LogP contribution in [-0.4, -0.2) is 6.61 Å². The molecule has 0 aliphatic rings. The van der Waals surface area contributed by atoms with Crippen LogP contribution in [0, 0.1) is 0 Å². The van der Waals surface area contributed by atoms with Gasteiger partial charge in [-0.05, 0) is 23.4 Å². The van der Waals surface area contributed by atoms with Crippen molar-refractivity contribution in [1.82, 2.24) is 0 Å². The molecule has 0 aliphatic carbocycles. The summed E-state index contributed by atoms with van der Waals surface area (Å²) in [5, 5.41) is 2.38. The van der Waals surface area contributed by atoms with E-state index in [-0.39, 0.29) is 0 Å². The summed E-state index contributed by atoms with van der Waals surface area (Å²) in [7, 11) is 0. The van der Waals surface area contributed by atoms with Crippen LogP contribution in [0.5, 0.6) is 5.75 Å². The van der Waals surface area contributed by atoms with E-state index in [1.54, 1.807) is 0 Å². The van der Waals surface area contributed by atoms with Crippen LogP contribution in [-0.2, 0) is 6.54 Å². The van der Waals surface area contributed by atoms with Crippen molar-refractivity contribution >= 4 is 10.8 Å². The molecular weight excluding hydrogens is 246 g/mol. The zero-order valence-electron chi connectivity index (χ0n) is 12.4. The van der Waals surface area contributed by atoms with Gasteiger partial charge in [-0.3, -0.25) is 0 Å². The standard InChI is InChI=1S/C18H25NO/c1-2-3-4-5-8-13-20-18-12-11-15(14-19)16-9-6-7-10-17(16)18/h6-7,9-12H,2-5,8,13-14,19H2,1H3. The van der Waals surface area contributed by atoms with E-state index < -0.39 is 0 Å². The fourth-order valence-corrected chi connectivity index (χ4v) is 2.53. The predicted octanol–water partition coefficient (Wildman–Crippen LogP) is 4.65. The molecule has 108 valence electrons. The molecule has 0 heterocycles. The first-order valence-corrected chi connectivity index (χ1v) is 7.70. The first-order valence-electron chi connectivity index (χ1n) is 7.70. The van der Waals surface area contributed by atoms with E-state index in [9.17, 15) is 0 Å². The molecule has 0 saturated carbocycles. The van der Waals surface area contributed by atoms with E-state index in [2.05, 4.69) is 43.3 Å². The third-order valence-corrected chi connectivity index (χ3v) is 3.70. The van der Waals surface area contributed by atoms with E-state index in [1.807, 2.05) is 0 Å². The molecule has 0 bridgehead atoms. The molecule has 0 atom stereocenters. The highest BCUT2D eigenvalue weighted by atomic mass is 16.5. The van der Waals surface area contributed by atoms with Crippen molar-refractivity contribution < 1.29 is 4.74 Å². The van der Waals surface area contributed by atoms with Gasteiger partial charge < -0.3 is 10.5 Å². The fraction of sp³-hybridized carbons (Fsp3) is 0.444. The maximum absolute atomic E-state index is 5.96. The molecule has 0 radical (unpaired) electrons. The molecule has 2 N–H and O–H groups in total. The number of ether oxygens (including phenoxy) is 1. The van der Waals surface area contributed by atoms with Gasteiger partial charge >= 0.3 is 0 Å². The van der Waals surface area contributed by atoms with E-state index in [0.717, 1.165) is 18.8 Å². The molecule has 0 saturated heterocycles. The summed E-state index contributed by atoms with van der Waals surface area (Å²) in [6.07, 6.45) is 6.31. The largest absolute Gasteiger partial charge is 0.493 e. The molecule has 2 heteroatoms. The maximum atomic E-state index is 5.96. The Morgan fingerprint density at radius 2 is 1.65 bits per heavy atom. The molecule has 2 rings (SSSR count). The molecule has 0 aliphatic heterocycles. The summed E-state index contributed by atoms with van der Waals surface area (Å²) in [6.45, 7) is 3.61. The summed E-state index contributed by atoms with van der Waals surface area (Å²) >= 11 is 0. The van der Waals surface area contributed by atoms with E-state index in [4.69, 9.17) is 10.5 Å². The van der Waals surface area contributed by atoms with Crippen LogP contribution >= 0.6 is 0 Å². The van der Waals surface area contributed by atoms with Crippen molar-refractivity contribution in [2.45, 2.75) is 45.6 Å². The minimum atomic E-state index is 0.567. The highest BCUT2D eigenvalue weighted by molar-refractivity contribution is 5.91. The number of nitrogens with two attached hydrogens (primary N) is 1. The summed E-state index contributed by atoms with van der Waals surface area (Å²) < 4.78 is 5.96. The normalized spacial score (nSPS) is 10.9. The van der Waals surface area contributed by atoms with Gasteiger partial charge in [0.25, 0.3) is 0 Å². The smallest absolute Gasteiger partial charge is 0.127 e. The number of hydrogen-bond donors (Lipinski definition) is 1. The van der Waals surface area contributed by atoms with Crippen molar-refractivity contribution in [1.29, 1.82) is 0 Å². The molecular formula is C18H25NO. The lowest BCUT2D eigenvalue weighted by molar-refractivity contribution is 0.308. The zero-order valence-corrected chi connectivity index (χ0v) is 12.4. The number of benzene rings is 2. The van der Waals surface area contributed by atoms with Crippen LogP contribution in [0.25, 0.3) is 10.8 Å². The molecule has 0 aromatic heterocycles. The summed E-state index contributed by atoms with van der Waals surface area (Å²) in [4.78, 5) is 0. The van der Waals surface area contributed by atoms with Crippen molar-refractivity contribution in [2.75, 3.05) is 6.61 Å². The summed E-state index contributed by atoms with van der Waals surface area (Å²) in [5.41, 5.74) is 6.97. The van der Waals surface area contributed by atoms with E-state index in [0.29, 0.717) is 6.54 Å². The van der Waals surface area contributed by atoms with Gasteiger partial charge in [-0.1, -0.05) is 62.9 Å². The summed E-state index contributed by atoms with van der Waals surface area (Å²) in [5.74, 6) is 0.980. The van der Waals surface area contributed by atoms with Crippen LogP contribution in [0.4, 0.5) is 0 Å². The zero-order chi connectivity index (χ0) is 14.2. The Morgan fingerprint density at radius 1 is 0.900 bits per heavy atom. The molecule has 2 aromatic rings. The average Bonchev–Trinajstić information content (AvgIpc) is 2.50. The third kappa shape index (κ3) is 3.73. The summed E-state index contributed by atoms with van der Waals surface area (Å²) in [6, 6.07) is 12.5. The van der Waals surface area contributed by atoms with Gasteiger partial charge in [0, 0.05) is 11.9 Å². The van der Waals surface area contributed by atoms with Gasteiger partial charge in [-0.25, -0.2) is 0 Å². The van der Waals surface area contributed by atoms with Crippen LogP contribution in [0.2, 0.25) is 0 Å². The van der Waals surface area contributed by atoms with E-state index >= 15 is 0 Å². The minimum absolute atomic E-state index is 0.567. The van der Waals surface area contributed by atoms with Crippen LogP contribution < -0.4 is 10.5 Å². The first kappa shape index (κ1) is 14.9. The van der Waals surface area contributed by atoms with Crippen LogP contribution in [0.15, 0.2) is 36.4 Å². The van der Waals surface area contributed by atoms with Gasteiger partial charge in [-0.15, -0.1) is 0 Å². The first-order chi connectivity index (χ1) is 9.86. The quantitative estimate of drug-likeness (QED) is 0.709. The lowest BCUT2D eigenvalue weighted by atomic mass is 10.0. The molecule has 2 nitrogen and oxygen atoms in total. The second kappa shape index (κ2) is 7.91. The SMILES string of the molecule is CCCCCCCOc1ccc(CN)c2ccccc12. The Morgan fingerprint density at radius 3 is 2.40 bits per heavy atom. The van der Waals surface area contributed by atoms with Gasteiger partial charge in [0.15, 0.2) is 0 Å². The highest BCUT2D eigenvalue weighted by Crippen LogP contribution is 2.28. The monoisotopic (exact) mass is 271 g/mol. The predicted molar refractivity (Wildman–Crippen MR) is 86.1 cm³/mol. The fourth-order valence-electron chi connectivity index (χ4n) is 2.53. The van der Waals surface area contributed by atoms with Crippen molar-refractivity contribution in [3.8, 4) is 5.75 Å². The highest BCUT2D eigenvalue weighted by Gasteiger charge is 2.05.